The van der Waals surface area contributed by atoms with Crippen LogP contribution in [0.3, 0.4) is 0 Å². The van der Waals surface area contributed by atoms with Crippen molar-refractivity contribution in [2.24, 2.45) is 0 Å². The molecule has 0 fully saturated rings. The van der Waals surface area contributed by atoms with Crippen LogP contribution in [-0.2, 0) is 16.0 Å². The summed E-state index contributed by atoms with van der Waals surface area (Å²) in [5.41, 5.74) is 0.595. The molecule has 0 radical (unpaired) electrons. The van der Waals surface area contributed by atoms with Crippen molar-refractivity contribution in [3.8, 4) is 5.75 Å². The molecule has 1 amide bonds. The number of alkyl halides is 2. The summed E-state index contributed by atoms with van der Waals surface area (Å²) in [6.45, 7) is 0.175. The normalized spacial score (nSPS) is 10.8. The SMILES string of the molecule is CC(C)N(CC(=O)O)C(=O)Cc1ccc(OC(F)F)cc1. The van der Waals surface area contributed by atoms with Crippen molar-refractivity contribution >= 4 is 11.9 Å². The first-order valence-electron chi connectivity index (χ1n) is 6.34. The van der Waals surface area contributed by atoms with Crippen molar-refractivity contribution in [1.29, 1.82) is 0 Å². The van der Waals surface area contributed by atoms with Gasteiger partial charge in [-0.25, -0.2) is 0 Å². The second-order valence-electron chi connectivity index (χ2n) is 4.71. The molecule has 0 aromatic heterocycles. The van der Waals surface area contributed by atoms with E-state index in [9.17, 15) is 18.4 Å². The maximum Gasteiger partial charge on any atom is 0.387 e. The van der Waals surface area contributed by atoms with E-state index in [1.54, 1.807) is 13.8 Å². The number of halogens is 2. The van der Waals surface area contributed by atoms with Crippen LogP contribution in [0.15, 0.2) is 24.3 Å². The summed E-state index contributed by atoms with van der Waals surface area (Å²) in [5, 5.41) is 8.79. The molecule has 0 heterocycles. The molecule has 0 spiro atoms. The molecule has 5 nitrogen and oxygen atoms in total. The van der Waals surface area contributed by atoms with Gasteiger partial charge in [0.25, 0.3) is 0 Å². The average molecular weight is 301 g/mol. The molecular formula is C14H17F2NO4. The zero-order valence-electron chi connectivity index (χ0n) is 11.8. The highest BCUT2D eigenvalue weighted by Gasteiger charge is 2.19. The van der Waals surface area contributed by atoms with E-state index in [-0.39, 0.29) is 30.7 Å². The molecule has 0 saturated heterocycles. The van der Waals surface area contributed by atoms with Gasteiger partial charge in [0.15, 0.2) is 0 Å². The fourth-order valence-electron chi connectivity index (χ4n) is 1.77. The lowest BCUT2D eigenvalue weighted by Crippen LogP contribution is -2.41. The van der Waals surface area contributed by atoms with Gasteiger partial charge in [-0.3, -0.25) is 9.59 Å². The molecule has 1 aromatic rings. The number of carboxylic acids is 1. The summed E-state index contributed by atoms with van der Waals surface area (Å²) < 4.78 is 28.2. The molecule has 0 aliphatic heterocycles. The third-order valence-electron chi connectivity index (χ3n) is 2.75. The van der Waals surface area contributed by atoms with Gasteiger partial charge in [-0.1, -0.05) is 12.1 Å². The summed E-state index contributed by atoms with van der Waals surface area (Å²) in [6.07, 6.45) is 0.000415. The summed E-state index contributed by atoms with van der Waals surface area (Å²) in [5.74, 6) is -1.42. The molecule has 7 heteroatoms. The molecule has 0 unspecified atom stereocenters. The lowest BCUT2D eigenvalue weighted by molar-refractivity contribution is -0.145. The number of aliphatic carboxylic acids is 1. The number of hydrogen-bond acceptors (Lipinski definition) is 3. The highest BCUT2D eigenvalue weighted by Crippen LogP contribution is 2.16. The molecule has 0 aliphatic rings. The Balaban J connectivity index is 2.70. The summed E-state index contributed by atoms with van der Waals surface area (Å²) in [7, 11) is 0. The van der Waals surface area contributed by atoms with Crippen molar-refractivity contribution in [1.82, 2.24) is 4.90 Å². The van der Waals surface area contributed by atoms with E-state index in [2.05, 4.69) is 4.74 Å². The minimum absolute atomic E-state index is 0.000415. The van der Waals surface area contributed by atoms with Gasteiger partial charge in [0.05, 0.1) is 6.42 Å². The Morgan fingerprint density at radius 3 is 2.24 bits per heavy atom. The minimum Gasteiger partial charge on any atom is -0.480 e. The number of amides is 1. The van der Waals surface area contributed by atoms with E-state index < -0.39 is 12.6 Å². The van der Waals surface area contributed by atoms with Gasteiger partial charge in [0.1, 0.15) is 12.3 Å². The van der Waals surface area contributed by atoms with Gasteiger partial charge in [-0.2, -0.15) is 8.78 Å². The van der Waals surface area contributed by atoms with E-state index in [4.69, 9.17) is 5.11 Å². The predicted octanol–water partition coefficient (Wildman–Crippen LogP) is 2.15. The van der Waals surface area contributed by atoms with Crippen molar-refractivity contribution in [2.45, 2.75) is 32.9 Å². The fraction of sp³-hybridized carbons (Fsp3) is 0.429. The van der Waals surface area contributed by atoms with Gasteiger partial charge in [0.2, 0.25) is 5.91 Å². The predicted molar refractivity (Wildman–Crippen MR) is 71.3 cm³/mol. The second-order valence-corrected chi connectivity index (χ2v) is 4.71. The van der Waals surface area contributed by atoms with Crippen LogP contribution in [0.1, 0.15) is 19.4 Å². The van der Waals surface area contributed by atoms with Gasteiger partial charge in [-0.15, -0.1) is 0 Å². The van der Waals surface area contributed by atoms with Crippen LogP contribution in [0.5, 0.6) is 5.75 Å². The fourth-order valence-corrected chi connectivity index (χ4v) is 1.77. The van der Waals surface area contributed by atoms with Gasteiger partial charge in [0, 0.05) is 6.04 Å². The number of hydrogen-bond donors (Lipinski definition) is 1. The van der Waals surface area contributed by atoms with Crippen LogP contribution in [0, 0.1) is 0 Å². The Kier molecular flexibility index (Phi) is 6.08. The number of carbonyl (C=O) groups excluding carboxylic acids is 1. The third-order valence-corrected chi connectivity index (χ3v) is 2.75. The van der Waals surface area contributed by atoms with Crippen molar-refractivity contribution in [3.05, 3.63) is 29.8 Å². The third kappa shape index (κ3) is 5.76. The molecular weight excluding hydrogens is 284 g/mol. The highest BCUT2D eigenvalue weighted by atomic mass is 19.3. The molecule has 1 aromatic carbocycles. The lowest BCUT2D eigenvalue weighted by atomic mass is 10.1. The van der Waals surface area contributed by atoms with E-state index in [1.807, 2.05) is 0 Å². The number of ether oxygens (including phenoxy) is 1. The molecule has 0 bridgehead atoms. The number of carbonyl (C=O) groups is 2. The first kappa shape index (κ1) is 16.9. The Labute approximate surface area is 121 Å². The first-order valence-corrected chi connectivity index (χ1v) is 6.34. The van der Waals surface area contributed by atoms with E-state index in [0.717, 1.165) is 0 Å². The molecule has 0 atom stereocenters. The van der Waals surface area contributed by atoms with Gasteiger partial charge < -0.3 is 14.7 Å². The summed E-state index contributed by atoms with van der Waals surface area (Å²) >= 11 is 0. The monoisotopic (exact) mass is 301 g/mol. The Hall–Kier alpha value is -2.18. The maximum atomic E-state index is 12.1. The molecule has 0 saturated carbocycles. The van der Waals surface area contributed by atoms with E-state index in [0.29, 0.717) is 5.56 Å². The topological polar surface area (TPSA) is 66.8 Å². The molecule has 1 N–H and O–H groups in total. The van der Waals surface area contributed by atoms with Crippen molar-refractivity contribution < 1.29 is 28.2 Å². The van der Waals surface area contributed by atoms with Crippen LogP contribution in [0.25, 0.3) is 0 Å². The Morgan fingerprint density at radius 2 is 1.81 bits per heavy atom. The zero-order valence-corrected chi connectivity index (χ0v) is 11.8. The standard InChI is InChI=1S/C14H17F2NO4/c1-9(2)17(8-13(19)20)12(18)7-10-3-5-11(6-4-10)21-14(15)16/h3-6,9,14H,7-8H2,1-2H3,(H,19,20). The van der Waals surface area contributed by atoms with Gasteiger partial charge >= 0.3 is 12.6 Å². The Bertz CT molecular complexity index is 488. The van der Waals surface area contributed by atoms with Crippen LogP contribution in [0.2, 0.25) is 0 Å². The molecule has 116 valence electrons. The number of rotatable bonds is 7. The quantitative estimate of drug-likeness (QED) is 0.838. The second kappa shape index (κ2) is 7.56. The zero-order chi connectivity index (χ0) is 16.0. The number of nitrogens with zero attached hydrogens (tertiary/aromatic N) is 1. The lowest BCUT2D eigenvalue weighted by Gasteiger charge is -2.25. The van der Waals surface area contributed by atoms with Crippen LogP contribution in [0.4, 0.5) is 8.78 Å². The number of benzene rings is 1. The highest BCUT2D eigenvalue weighted by molar-refractivity contribution is 5.83. The van der Waals surface area contributed by atoms with E-state index in [1.165, 1.54) is 29.2 Å². The molecule has 21 heavy (non-hydrogen) atoms. The smallest absolute Gasteiger partial charge is 0.387 e. The van der Waals surface area contributed by atoms with Crippen molar-refractivity contribution in [2.75, 3.05) is 6.54 Å². The average Bonchev–Trinajstić information content (AvgIpc) is 2.37. The van der Waals surface area contributed by atoms with E-state index >= 15 is 0 Å². The van der Waals surface area contributed by atoms with Crippen molar-refractivity contribution in [3.63, 3.8) is 0 Å². The van der Waals surface area contributed by atoms with Crippen LogP contribution < -0.4 is 4.74 Å². The Morgan fingerprint density at radius 1 is 1.24 bits per heavy atom. The summed E-state index contributed by atoms with van der Waals surface area (Å²) in [4.78, 5) is 24.0. The first-order chi connectivity index (χ1) is 9.79. The minimum atomic E-state index is -2.90. The van der Waals surface area contributed by atoms with Crippen LogP contribution in [-0.4, -0.2) is 41.1 Å². The largest absolute Gasteiger partial charge is 0.480 e. The van der Waals surface area contributed by atoms with Crippen LogP contribution >= 0.6 is 0 Å². The summed E-state index contributed by atoms with van der Waals surface area (Å²) in [6, 6.07) is 5.43. The molecule has 1 rings (SSSR count). The van der Waals surface area contributed by atoms with Gasteiger partial charge in [-0.05, 0) is 31.5 Å². The number of carboxylic acid groups (broad SMARTS) is 1. The maximum absolute atomic E-state index is 12.1. The molecule has 0 aliphatic carbocycles.